The van der Waals surface area contributed by atoms with Crippen LogP contribution in [0.25, 0.3) is 16.8 Å². The third-order valence-electron chi connectivity index (χ3n) is 4.62. The maximum Gasteiger partial charge on any atom is 0.242 e. The smallest absolute Gasteiger partial charge is 0.242 e. The molecule has 3 aromatic rings. The van der Waals surface area contributed by atoms with Crippen LogP contribution in [0.15, 0.2) is 42.6 Å². The summed E-state index contributed by atoms with van der Waals surface area (Å²) in [6.07, 6.45) is 1.92. The molecule has 1 fully saturated rings. The largest absolute Gasteiger partial charge is 0.356 e. The summed E-state index contributed by atoms with van der Waals surface area (Å²) >= 11 is 0. The molecule has 0 unspecified atom stereocenters. The van der Waals surface area contributed by atoms with Crippen LogP contribution in [0.1, 0.15) is 5.56 Å². The monoisotopic (exact) mass is 322 g/mol. The highest BCUT2D eigenvalue weighted by Crippen LogP contribution is 2.25. The molecule has 0 bridgehead atoms. The van der Waals surface area contributed by atoms with E-state index < -0.39 is 0 Å². The second-order valence-electron chi connectivity index (χ2n) is 6.25. The van der Waals surface area contributed by atoms with Gasteiger partial charge in [-0.1, -0.05) is 24.3 Å². The molecule has 24 heavy (non-hydrogen) atoms. The highest BCUT2D eigenvalue weighted by molar-refractivity contribution is 5.77. The van der Waals surface area contributed by atoms with Crippen LogP contribution in [0.5, 0.6) is 0 Å². The number of nitrogens with one attached hydrogen (secondary N) is 2. The third kappa shape index (κ3) is 2.74. The Hall–Kier alpha value is -2.44. The van der Waals surface area contributed by atoms with E-state index in [1.165, 1.54) is 5.56 Å². The Morgan fingerprint density at radius 2 is 1.92 bits per heavy atom. The molecule has 2 N–H and O–H groups in total. The Morgan fingerprint density at radius 1 is 1.12 bits per heavy atom. The van der Waals surface area contributed by atoms with Gasteiger partial charge < -0.3 is 10.6 Å². The summed E-state index contributed by atoms with van der Waals surface area (Å²) in [4.78, 5) is 7.00. The van der Waals surface area contributed by atoms with Gasteiger partial charge in [0.15, 0.2) is 5.65 Å². The van der Waals surface area contributed by atoms with E-state index in [1.807, 2.05) is 30.9 Å². The molecule has 0 aliphatic carbocycles. The van der Waals surface area contributed by atoms with Crippen LogP contribution in [0.3, 0.4) is 0 Å². The second kappa shape index (κ2) is 6.22. The van der Waals surface area contributed by atoms with E-state index >= 15 is 0 Å². The van der Waals surface area contributed by atoms with Crippen molar-refractivity contribution in [2.75, 3.05) is 32.5 Å². The van der Waals surface area contributed by atoms with Gasteiger partial charge >= 0.3 is 0 Å². The van der Waals surface area contributed by atoms with Gasteiger partial charge in [0.25, 0.3) is 0 Å². The van der Waals surface area contributed by atoms with Crippen molar-refractivity contribution in [3.05, 3.63) is 48.2 Å². The van der Waals surface area contributed by atoms with Crippen LogP contribution in [0.4, 0.5) is 5.95 Å². The molecule has 0 spiro atoms. The van der Waals surface area contributed by atoms with Crippen molar-refractivity contribution in [3.8, 4) is 11.1 Å². The molecular weight excluding hydrogens is 300 g/mol. The molecule has 0 saturated carbocycles. The fourth-order valence-electron chi connectivity index (χ4n) is 3.17. The zero-order valence-corrected chi connectivity index (χ0v) is 14.0. The quantitative estimate of drug-likeness (QED) is 0.751. The first-order valence-corrected chi connectivity index (χ1v) is 8.29. The Labute approximate surface area is 141 Å². The molecule has 1 saturated heterocycles. The van der Waals surface area contributed by atoms with Crippen LogP contribution in [-0.2, 0) is 6.54 Å². The number of likely N-dealkylation sites (N-methyl/N-ethyl adjacent to an activating group) is 1. The lowest BCUT2D eigenvalue weighted by atomic mass is 10.0. The fraction of sp³-hybridized carbons (Fsp3) is 0.333. The molecule has 2 aromatic heterocycles. The topological polar surface area (TPSA) is 57.5 Å². The van der Waals surface area contributed by atoms with Crippen molar-refractivity contribution in [2.45, 2.75) is 12.6 Å². The first-order valence-electron chi connectivity index (χ1n) is 8.29. The minimum atomic E-state index is 0.635. The van der Waals surface area contributed by atoms with E-state index in [0.717, 1.165) is 36.4 Å². The SMILES string of the molecule is CNc1nc2c(-c3ccc(CN4CC(NC)C4)cc3)cccn2n1. The van der Waals surface area contributed by atoms with Gasteiger partial charge in [0, 0.05) is 44.5 Å². The minimum absolute atomic E-state index is 0.635. The van der Waals surface area contributed by atoms with Gasteiger partial charge in [-0.15, -0.1) is 5.10 Å². The number of aromatic nitrogens is 3. The van der Waals surface area contributed by atoms with Gasteiger partial charge in [-0.3, -0.25) is 4.90 Å². The van der Waals surface area contributed by atoms with Crippen LogP contribution >= 0.6 is 0 Å². The maximum absolute atomic E-state index is 4.54. The van der Waals surface area contributed by atoms with Crippen molar-refractivity contribution in [1.82, 2.24) is 24.8 Å². The maximum atomic E-state index is 4.54. The van der Waals surface area contributed by atoms with Gasteiger partial charge in [0.05, 0.1) is 0 Å². The number of likely N-dealkylation sites (tertiary alicyclic amines) is 1. The van der Waals surface area contributed by atoms with Crippen LogP contribution in [0.2, 0.25) is 0 Å². The number of anilines is 1. The van der Waals surface area contributed by atoms with Gasteiger partial charge in [0.1, 0.15) is 0 Å². The zero-order valence-electron chi connectivity index (χ0n) is 14.0. The van der Waals surface area contributed by atoms with Gasteiger partial charge in [-0.2, -0.15) is 4.98 Å². The van der Waals surface area contributed by atoms with Crippen molar-refractivity contribution in [1.29, 1.82) is 0 Å². The minimum Gasteiger partial charge on any atom is -0.356 e. The average molecular weight is 322 g/mol. The zero-order chi connectivity index (χ0) is 16.5. The summed E-state index contributed by atoms with van der Waals surface area (Å²) in [6.45, 7) is 3.27. The molecule has 6 heteroatoms. The highest BCUT2D eigenvalue weighted by Gasteiger charge is 2.24. The number of pyridine rings is 1. The van der Waals surface area contributed by atoms with Gasteiger partial charge in [0.2, 0.25) is 5.95 Å². The summed E-state index contributed by atoms with van der Waals surface area (Å²) in [5.41, 5.74) is 4.47. The Kier molecular flexibility index (Phi) is 3.92. The molecule has 3 heterocycles. The lowest BCUT2D eigenvalue weighted by molar-refractivity contribution is 0.124. The van der Waals surface area contributed by atoms with Gasteiger partial charge in [-0.25, -0.2) is 4.52 Å². The summed E-state index contributed by atoms with van der Waals surface area (Å²) in [5, 5.41) is 10.7. The van der Waals surface area contributed by atoms with E-state index in [4.69, 9.17) is 0 Å². The Bertz CT molecular complexity index is 832. The number of benzene rings is 1. The number of rotatable bonds is 5. The molecular formula is C18H22N6. The number of fused-ring (bicyclic) bond motifs is 1. The van der Waals surface area contributed by atoms with Crippen LogP contribution in [-0.4, -0.2) is 52.7 Å². The van der Waals surface area contributed by atoms with Crippen molar-refractivity contribution >= 4 is 11.6 Å². The summed E-state index contributed by atoms with van der Waals surface area (Å²) in [7, 11) is 3.86. The lowest BCUT2D eigenvalue weighted by Gasteiger charge is -2.39. The number of nitrogens with zero attached hydrogens (tertiary/aromatic N) is 4. The number of hydrogen-bond acceptors (Lipinski definition) is 5. The molecule has 0 amide bonds. The Morgan fingerprint density at radius 3 is 2.62 bits per heavy atom. The van der Waals surface area contributed by atoms with Crippen molar-refractivity contribution in [2.24, 2.45) is 0 Å². The summed E-state index contributed by atoms with van der Waals surface area (Å²) in [5.74, 6) is 0.635. The predicted octanol–water partition coefficient (Wildman–Crippen LogP) is 1.84. The van der Waals surface area contributed by atoms with Gasteiger partial charge in [-0.05, 0) is 30.3 Å². The summed E-state index contributed by atoms with van der Waals surface area (Å²) < 4.78 is 1.81. The van der Waals surface area contributed by atoms with E-state index in [1.54, 1.807) is 0 Å². The van der Waals surface area contributed by atoms with E-state index in [2.05, 4.69) is 55.9 Å². The highest BCUT2D eigenvalue weighted by atomic mass is 15.3. The third-order valence-corrected chi connectivity index (χ3v) is 4.62. The average Bonchev–Trinajstić information content (AvgIpc) is 3.01. The molecule has 124 valence electrons. The standard InChI is InChI=1S/C18H22N6/c1-19-15-11-23(12-15)10-13-5-7-14(8-6-13)16-4-3-9-24-17(16)21-18(20-2)22-24/h3-9,15,19H,10-12H2,1-2H3,(H,20,22). The van der Waals surface area contributed by atoms with Crippen molar-refractivity contribution in [3.63, 3.8) is 0 Å². The summed E-state index contributed by atoms with van der Waals surface area (Å²) in [6, 6.07) is 13.5. The predicted molar refractivity (Wildman–Crippen MR) is 96.1 cm³/mol. The lowest BCUT2D eigenvalue weighted by Crippen LogP contribution is -2.56. The first-order chi connectivity index (χ1) is 11.8. The van der Waals surface area contributed by atoms with E-state index in [-0.39, 0.29) is 0 Å². The molecule has 1 aliphatic rings. The fourth-order valence-corrected chi connectivity index (χ4v) is 3.17. The van der Waals surface area contributed by atoms with E-state index in [9.17, 15) is 0 Å². The molecule has 1 aliphatic heterocycles. The molecule has 1 aromatic carbocycles. The van der Waals surface area contributed by atoms with Crippen molar-refractivity contribution < 1.29 is 0 Å². The second-order valence-corrected chi connectivity index (χ2v) is 6.25. The molecule has 0 radical (unpaired) electrons. The normalized spacial score (nSPS) is 15.6. The van der Waals surface area contributed by atoms with E-state index in [0.29, 0.717) is 12.0 Å². The first kappa shape index (κ1) is 15.1. The molecule has 0 atom stereocenters. The number of hydrogen-bond donors (Lipinski definition) is 2. The Balaban J connectivity index is 1.56. The molecule has 4 rings (SSSR count). The van der Waals surface area contributed by atoms with Crippen LogP contribution < -0.4 is 10.6 Å². The van der Waals surface area contributed by atoms with Crippen LogP contribution in [0, 0.1) is 0 Å². The molecule has 6 nitrogen and oxygen atoms in total.